The van der Waals surface area contributed by atoms with E-state index in [9.17, 15) is 4.79 Å². The van der Waals surface area contributed by atoms with Gasteiger partial charge in [0, 0.05) is 10.9 Å². The Hall–Kier alpha value is -0.830. The maximum absolute atomic E-state index is 11.5. The number of unbranched alkanes of at least 4 members (excludes halogenated alkanes) is 1. The van der Waals surface area contributed by atoms with Crippen molar-refractivity contribution in [2.45, 2.75) is 39.5 Å². The van der Waals surface area contributed by atoms with E-state index in [1.165, 1.54) is 5.56 Å². The summed E-state index contributed by atoms with van der Waals surface area (Å²) in [5.41, 5.74) is 2.12. The summed E-state index contributed by atoms with van der Waals surface area (Å²) in [7, 11) is 0. The van der Waals surface area contributed by atoms with Gasteiger partial charge >= 0.3 is 0 Å². The molecule has 1 aromatic rings. The van der Waals surface area contributed by atoms with Crippen LogP contribution in [-0.2, 0) is 11.2 Å². The predicted molar refractivity (Wildman–Crippen MR) is 71.7 cm³/mol. The van der Waals surface area contributed by atoms with E-state index >= 15 is 0 Å². The summed E-state index contributed by atoms with van der Waals surface area (Å²) in [6.07, 6.45) is 3.58. The Kier molecular flexibility index (Phi) is 5.53. The first-order chi connectivity index (χ1) is 7.67. The number of rotatable bonds is 5. The van der Waals surface area contributed by atoms with Crippen molar-refractivity contribution in [2.24, 2.45) is 0 Å². The molecule has 0 spiro atoms. The topological polar surface area (TPSA) is 29.1 Å². The average molecular weight is 284 g/mol. The first-order valence-corrected chi connectivity index (χ1v) is 6.55. The molecule has 0 atom stereocenters. The van der Waals surface area contributed by atoms with Crippen LogP contribution in [0.4, 0.5) is 5.69 Å². The minimum absolute atomic E-state index is 0.0896. The summed E-state index contributed by atoms with van der Waals surface area (Å²) >= 11 is 3.47. The maximum atomic E-state index is 11.5. The Balaban J connectivity index is 2.63. The lowest BCUT2D eigenvalue weighted by atomic mass is 10.1. The third-order valence-electron chi connectivity index (χ3n) is 2.47. The number of carbonyl (C=O) groups excluding carboxylic acids is 1. The average Bonchev–Trinajstić information content (AvgIpc) is 2.29. The monoisotopic (exact) mass is 283 g/mol. The van der Waals surface area contributed by atoms with Gasteiger partial charge in [-0.3, -0.25) is 4.79 Å². The van der Waals surface area contributed by atoms with Crippen LogP contribution in [0.3, 0.4) is 0 Å². The first kappa shape index (κ1) is 13.2. The maximum Gasteiger partial charge on any atom is 0.224 e. The van der Waals surface area contributed by atoms with Gasteiger partial charge in [-0.15, -0.1) is 0 Å². The van der Waals surface area contributed by atoms with Gasteiger partial charge in [-0.25, -0.2) is 0 Å². The summed E-state index contributed by atoms with van der Waals surface area (Å²) in [5, 5.41) is 2.91. The molecule has 88 valence electrons. The van der Waals surface area contributed by atoms with Crippen molar-refractivity contribution < 1.29 is 4.79 Å². The Morgan fingerprint density at radius 3 is 2.69 bits per heavy atom. The number of hydrogen-bond donors (Lipinski definition) is 1. The van der Waals surface area contributed by atoms with Crippen molar-refractivity contribution in [3.63, 3.8) is 0 Å². The minimum Gasteiger partial charge on any atom is -0.325 e. The number of benzene rings is 1. The molecule has 0 unspecified atom stereocenters. The molecule has 0 saturated carbocycles. The van der Waals surface area contributed by atoms with E-state index in [1.807, 2.05) is 12.1 Å². The zero-order chi connectivity index (χ0) is 12.0. The number of carbonyl (C=O) groups is 1. The molecule has 0 aliphatic rings. The molecule has 0 aliphatic heterocycles. The van der Waals surface area contributed by atoms with Crippen LogP contribution in [0, 0.1) is 0 Å². The van der Waals surface area contributed by atoms with Gasteiger partial charge in [0.25, 0.3) is 0 Å². The fraction of sp³-hybridized carbons (Fsp3) is 0.462. The Labute approximate surface area is 106 Å². The van der Waals surface area contributed by atoms with Gasteiger partial charge in [-0.2, -0.15) is 0 Å². The molecule has 1 amide bonds. The van der Waals surface area contributed by atoms with E-state index in [-0.39, 0.29) is 5.91 Å². The smallest absolute Gasteiger partial charge is 0.224 e. The fourth-order valence-corrected chi connectivity index (χ4v) is 1.96. The number of anilines is 1. The normalized spacial score (nSPS) is 10.2. The van der Waals surface area contributed by atoms with Crippen molar-refractivity contribution in [3.8, 4) is 0 Å². The van der Waals surface area contributed by atoms with Gasteiger partial charge in [0.2, 0.25) is 5.91 Å². The molecule has 3 heteroatoms. The molecular formula is C13H18BrNO. The molecule has 0 aliphatic carbocycles. The molecule has 0 aromatic heterocycles. The largest absolute Gasteiger partial charge is 0.325 e. The fourth-order valence-electron chi connectivity index (χ4n) is 1.43. The van der Waals surface area contributed by atoms with Crippen LogP contribution in [0.1, 0.15) is 38.7 Å². The highest BCUT2D eigenvalue weighted by molar-refractivity contribution is 9.10. The highest BCUT2D eigenvalue weighted by Gasteiger charge is 2.05. The molecule has 16 heavy (non-hydrogen) atoms. The molecule has 1 aromatic carbocycles. The van der Waals surface area contributed by atoms with Gasteiger partial charge in [0.05, 0.1) is 5.69 Å². The second-order valence-corrected chi connectivity index (χ2v) is 4.67. The number of hydrogen-bond acceptors (Lipinski definition) is 1. The van der Waals surface area contributed by atoms with Crippen molar-refractivity contribution in [1.82, 2.24) is 0 Å². The van der Waals surface area contributed by atoms with Crippen LogP contribution in [0.25, 0.3) is 0 Å². The van der Waals surface area contributed by atoms with Crippen LogP contribution in [0.5, 0.6) is 0 Å². The van der Waals surface area contributed by atoms with E-state index in [1.54, 1.807) is 0 Å². The SMILES string of the molecule is CCCCC(=O)Nc1ccc(CC)cc1Br. The molecule has 0 saturated heterocycles. The van der Waals surface area contributed by atoms with Crippen LogP contribution in [-0.4, -0.2) is 5.91 Å². The zero-order valence-electron chi connectivity index (χ0n) is 9.85. The summed E-state index contributed by atoms with van der Waals surface area (Å²) in [5.74, 6) is 0.0896. The Bertz CT molecular complexity index is 363. The number of amides is 1. The minimum atomic E-state index is 0.0896. The van der Waals surface area contributed by atoms with Crippen LogP contribution in [0.2, 0.25) is 0 Å². The van der Waals surface area contributed by atoms with Gasteiger partial charge in [-0.05, 0) is 46.5 Å². The molecule has 1 N–H and O–H groups in total. The van der Waals surface area contributed by atoms with Crippen LogP contribution >= 0.6 is 15.9 Å². The third kappa shape index (κ3) is 3.97. The quantitative estimate of drug-likeness (QED) is 0.865. The summed E-state index contributed by atoms with van der Waals surface area (Å²) in [4.78, 5) is 11.5. The van der Waals surface area contributed by atoms with Gasteiger partial charge < -0.3 is 5.32 Å². The molecule has 2 nitrogen and oxygen atoms in total. The highest BCUT2D eigenvalue weighted by atomic mass is 79.9. The molecular weight excluding hydrogens is 266 g/mol. The lowest BCUT2D eigenvalue weighted by Crippen LogP contribution is -2.11. The van der Waals surface area contributed by atoms with Gasteiger partial charge in [-0.1, -0.05) is 26.3 Å². The van der Waals surface area contributed by atoms with E-state index in [0.717, 1.165) is 29.4 Å². The van der Waals surface area contributed by atoms with Crippen molar-refractivity contribution in [3.05, 3.63) is 28.2 Å². The van der Waals surface area contributed by atoms with E-state index in [4.69, 9.17) is 0 Å². The third-order valence-corrected chi connectivity index (χ3v) is 3.13. The summed E-state index contributed by atoms with van der Waals surface area (Å²) in [6, 6.07) is 6.04. The van der Waals surface area contributed by atoms with Crippen molar-refractivity contribution in [2.75, 3.05) is 5.32 Å². The highest BCUT2D eigenvalue weighted by Crippen LogP contribution is 2.24. The second-order valence-electron chi connectivity index (χ2n) is 3.82. The lowest BCUT2D eigenvalue weighted by Gasteiger charge is -2.08. The zero-order valence-corrected chi connectivity index (χ0v) is 11.4. The van der Waals surface area contributed by atoms with Gasteiger partial charge in [0.1, 0.15) is 0 Å². The predicted octanol–water partition coefficient (Wildman–Crippen LogP) is 4.14. The van der Waals surface area contributed by atoms with Crippen LogP contribution in [0.15, 0.2) is 22.7 Å². The molecule has 0 bridgehead atoms. The Morgan fingerprint density at radius 2 is 2.12 bits per heavy atom. The van der Waals surface area contributed by atoms with E-state index < -0.39 is 0 Å². The summed E-state index contributed by atoms with van der Waals surface area (Å²) in [6.45, 7) is 4.19. The summed E-state index contributed by atoms with van der Waals surface area (Å²) < 4.78 is 0.955. The second kappa shape index (κ2) is 6.69. The molecule has 0 fully saturated rings. The molecule has 0 heterocycles. The van der Waals surface area contributed by atoms with Gasteiger partial charge in [0.15, 0.2) is 0 Å². The molecule has 0 radical (unpaired) electrons. The van der Waals surface area contributed by atoms with Crippen molar-refractivity contribution >= 4 is 27.5 Å². The lowest BCUT2D eigenvalue weighted by molar-refractivity contribution is -0.116. The standard InChI is InChI=1S/C13H18BrNO/c1-3-5-6-13(16)15-12-8-7-10(4-2)9-11(12)14/h7-9H,3-6H2,1-2H3,(H,15,16). The molecule has 1 rings (SSSR count). The van der Waals surface area contributed by atoms with Crippen LogP contribution < -0.4 is 5.32 Å². The number of halogens is 1. The van der Waals surface area contributed by atoms with E-state index in [2.05, 4.69) is 41.2 Å². The first-order valence-electron chi connectivity index (χ1n) is 5.75. The number of nitrogens with one attached hydrogen (secondary N) is 1. The van der Waals surface area contributed by atoms with E-state index in [0.29, 0.717) is 6.42 Å². The Morgan fingerprint density at radius 1 is 1.38 bits per heavy atom. The van der Waals surface area contributed by atoms with Crippen molar-refractivity contribution in [1.29, 1.82) is 0 Å². The number of aryl methyl sites for hydroxylation is 1.